The predicted molar refractivity (Wildman–Crippen MR) is 96.7 cm³/mol. The highest BCUT2D eigenvalue weighted by Gasteiger charge is 2.29. The van der Waals surface area contributed by atoms with Gasteiger partial charge < -0.3 is 10.1 Å². The van der Waals surface area contributed by atoms with Crippen LogP contribution >= 0.6 is 34.4 Å². The molecular formula is C15H15IN2O4S. The number of nitrogens with one attached hydrogen (secondary N) is 1. The van der Waals surface area contributed by atoms with Crippen LogP contribution in [0.15, 0.2) is 35.4 Å². The zero-order valence-corrected chi connectivity index (χ0v) is 15.3. The number of carbonyl (C=O) groups is 3. The zero-order chi connectivity index (χ0) is 16.8. The van der Waals surface area contributed by atoms with Crippen molar-refractivity contribution in [3.8, 4) is 0 Å². The molecule has 1 aliphatic heterocycles. The lowest BCUT2D eigenvalue weighted by molar-refractivity contribution is -0.137. The molecule has 122 valence electrons. The molecule has 0 unspecified atom stereocenters. The Morgan fingerprint density at radius 1 is 1.48 bits per heavy atom. The number of amides is 2. The number of nitrogens with zero attached hydrogens (tertiary/aromatic N) is 1. The van der Waals surface area contributed by atoms with Crippen molar-refractivity contribution < 1.29 is 19.1 Å². The van der Waals surface area contributed by atoms with E-state index in [0.717, 1.165) is 3.57 Å². The van der Waals surface area contributed by atoms with Crippen LogP contribution in [0.1, 0.15) is 6.92 Å². The smallest absolute Gasteiger partial charge is 0.333 e. The van der Waals surface area contributed by atoms with E-state index in [0.29, 0.717) is 10.7 Å². The van der Waals surface area contributed by atoms with Gasteiger partial charge >= 0.3 is 5.97 Å². The third-order valence-corrected chi connectivity index (χ3v) is 4.54. The van der Waals surface area contributed by atoms with E-state index < -0.39 is 5.97 Å². The molecule has 0 radical (unpaired) electrons. The number of ether oxygens (including phenoxy) is 1. The quantitative estimate of drug-likeness (QED) is 0.427. The van der Waals surface area contributed by atoms with Crippen LogP contribution in [0.3, 0.4) is 0 Å². The van der Waals surface area contributed by atoms with E-state index in [1.54, 1.807) is 13.0 Å². The molecular weight excluding hydrogens is 431 g/mol. The molecule has 1 saturated heterocycles. The molecule has 0 atom stereocenters. The first kappa shape index (κ1) is 17.8. The highest BCUT2D eigenvalue weighted by molar-refractivity contribution is 14.1. The molecule has 6 nitrogen and oxygen atoms in total. The standard InChI is InChI=1S/C15H15IN2O4S/c1-2-22-15(21)7-14-18(13(20)9-23-14)8-12(19)17-11-5-3-4-10(16)6-11/h3-7H,2,8-9H2,1H3,(H,17,19)/b14-7-. The second-order valence-electron chi connectivity index (χ2n) is 4.56. The summed E-state index contributed by atoms with van der Waals surface area (Å²) in [6.07, 6.45) is 1.25. The number of anilines is 1. The highest BCUT2D eigenvalue weighted by Crippen LogP contribution is 2.28. The summed E-state index contributed by atoms with van der Waals surface area (Å²) in [5.74, 6) is -0.837. The molecule has 1 aromatic carbocycles. The summed E-state index contributed by atoms with van der Waals surface area (Å²) in [6, 6.07) is 7.35. The van der Waals surface area contributed by atoms with E-state index in [4.69, 9.17) is 4.74 Å². The second kappa shape index (κ2) is 8.34. The fraction of sp³-hybridized carbons (Fsp3) is 0.267. The van der Waals surface area contributed by atoms with Crippen molar-refractivity contribution in [1.29, 1.82) is 0 Å². The molecule has 1 aromatic rings. The van der Waals surface area contributed by atoms with Crippen LogP contribution in [0.2, 0.25) is 0 Å². The van der Waals surface area contributed by atoms with Crippen molar-refractivity contribution in [3.63, 3.8) is 0 Å². The minimum atomic E-state index is -0.521. The van der Waals surface area contributed by atoms with E-state index in [9.17, 15) is 14.4 Å². The first-order chi connectivity index (χ1) is 11.0. The molecule has 1 fully saturated rings. The third-order valence-electron chi connectivity index (χ3n) is 2.85. The fourth-order valence-corrected chi connectivity index (χ4v) is 3.37. The fourth-order valence-electron chi connectivity index (χ4n) is 1.90. The van der Waals surface area contributed by atoms with Gasteiger partial charge in [-0.3, -0.25) is 14.5 Å². The Morgan fingerprint density at radius 3 is 2.96 bits per heavy atom. The summed E-state index contributed by atoms with van der Waals surface area (Å²) in [4.78, 5) is 36.8. The maximum Gasteiger partial charge on any atom is 0.333 e. The summed E-state index contributed by atoms with van der Waals surface area (Å²) in [5, 5.41) is 3.18. The Hall–Kier alpha value is -1.55. The van der Waals surface area contributed by atoms with E-state index in [1.807, 2.05) is 18.2 Å². The van der Waals surface area contributed by atoms with Crippen LogP contribution in [0.25, 0.3) is 0 Å². The van der Waals surface area contributed by atoms with Gasteiger partial charge in [-0.25, -0.2) is 4.79 Å². The summed E-state index contributed by atoms with van der Waals surface area (Å²) >= 11 is 3.37. The minimum Gasteiger partial charge on any atom is -0.463 e. The maximum atomic E-state index is 12.1. The number of hydrogen-bond donors (Lipinski definition) is 1. The molecule has 2 rings (SSSR count). The van der Waals surface area contributed by atoms with Crippen molar-refractivity contribution in [1.82, 2.24) is 4.90 Å². The van der Waals surface area contributed by atoms with Gasteiger partial charge in [-0.05, 0) is 47.7 Å². The Bertz CT molecular complexity index is 663. The van der Waals surface area contributed by atoms with Crippen molar-refractivity contribution in [2.75, 3.05) is 24.2 Å². The maximum absolute atomic E-state index is 12.1. The molecule has 1 N–H and O–H groups in total. The summed E-state index contributed by atoms with van der Waals surface area (Å²) < 4.78 is 5.83. The average molecular weight is 446 g/mol. The average Bonchev–Trinajstić information content (AvgIpc) is 2.80. The lowest BCUT2D eigenvalue weighted by Gasteiger charge is -2.16. The third kappa shape index (κ3) is 5.24. The number of esters is 1. The van der Waals surface area contributed by atoms with Gasteiger partial charge in [0.25, 0.3) is 0 Å². The molecule has 23 heavy (non-hydrogen) atoms. The van der Waals surface area contributed by atoms with Crippen molar-refractivity contribution in [3.05, 3.63) is 38.9 Å². The molecule has 0 bridgehead atoms. The van der Waals surface area contributed by atoms with E-state index in [1.165, 1.54) is 22.7 Å². The Labute approximate surface area is 151 Å². The first-order valence-electron chi connectivity index (χ1n) is 6.86. The summed E-state index contributed by atoms with van der Waals surface area (Å²) in [7, 11) is 0. The lowest BCUT2D eigenvalue weighted by atomic mass is 10.3. The van der Waals surface area contributed by atoms with Crippen LogP contribution in [0.4, 0.5) is 5.69 Å². The normalized spacial score (nSPS) is 15.8. The molecule has 0 spiro atoms. The molecule has 0 aliphatic carbocycles. The number of carbonyl (C=O) groups excluding carboxylic acids is 3. The summed E-state index contributed by atoms with van der Waals surface area (Å²) in [6.45, 7) is 1.83. The van der Waals surface area contributed by atoms with E-state index in [2.05, 4.69) is 27.9 Å². The molecule has 1 aliphatic rings. The van der Waals surface area contributed by atoms with Crippen LogP contribution < -0.4 is 5.32 Å². The number of hydrogen-bond acceptors (Lipinski definition) is 5. The summed E-state index contributed by atoms with van der Waals surface area (Å²) in [5.41, 5.74) is 0.664. The topological polar surface area (TPSA) is 75.7 Å². The van der Waals surface area contributed by atoms with Gasteiger partial charge in [0.1, 0.15) is 6.54 Å². The second-order valence-corrected chi connectivity index (χ2v) is 6.80. The Kier molecular flexibility index (Phi) is 6.46. The van der Waals surface area contributed by atoms with Crippen molar-refractivity contribution >= 4 is 57.8 Å². The first-order valence-corrected chi connectivity index (χ1v) is 8.93. The van der Waals surface area contributed by atoms with Gasteiger partial charge in [-0.2, -0.15) is 0 Å². The molecule has 1 heterocycles. The van der Waals surface area contributed by atoms with Gasteiger partial charge in [-0.1, -0.05) is 17.8 Å². The Morgan fingerprint density at radius 2 is 2.26 bits per heavy atom. The minimum absolute atomic E-state index is 0.136. The molecule has 0 saturated carbocycles. The van der Waals surface area contributed by atoms with Crippen LogP contribution in [0.5, 0.6) is 0 Å². The van der Waals surface area contributed by atoms with Gasteiger partial charge in [-0.15, -0.1) is 0 Å². The van der Waals surface area contributed by atoms with E-state index >= 15 is 0 Å². The van der Waals surface area contributed by atoms with Crippen LogP contribution in [-0.4, -0.2) is 41.6 Å². The highest BCUT2D eigenvalue weighted by atomic mass is 127. The molecule has 8 heteroatoms. The number of thioether (sulfide) groups is 1. The van der Waals surface area contributed by atoms with Gasteiger partial charge in [0.15, 0.2) is 0 Å². The number of halogens is 1. The van der Waals surface area contributed by atoms with Crippen molar-refractivity contribution in [2.45, 2.75) is 6.92 Å². The van der Waals surface area contributed by atoms with Crippen molar-refractivity contribution in [2.24, 2.45) is 0 Å². The van der Waals surface area contributed by atoms with Gasteiger partial charge in [0.05, 0.1) is 23.5 Å². The zero-order valence-electron chi connectivity index (χ0n) is 12.4. The van der Waals surface area contributed by atoms with Crippen LogP contribution in [-0.2, 0) is 19.1 Å². The largest absolute Gasteiger partial charge is 0.463 e. The van der Waals surface area contributed by atoms with Gasteiger partial charge in [0, 0.05) is 9.26 Å². The predicted octanol–water partition coefficient (Wildman–Crippen LogP) is 2.21. The van der Waals surface area contributed by atoms with Crippen LogP contribution in [0, 0.1) is 3.57 Å². The molecule has 0 aromatic heterocycles. The number of benzene rings is 1. The number of rotatable bonds is 5. The monoisotopic (exact) mass is 446 g/mol. The SMILES string of the molecule is CCOC(=O)/C=C1\SCC(=O)N1CC(=O)Nc1cccc(I)c1. The molecule has 2 amide bonds. The Balaban J connectivity index is 2.02. The van der Waals surface area contributed by atoms with Gasteiger partial charge in [0.2, 0.25) is 11.8 Å². The lowest BCUT2D eigenvalue weighted by Crippen LogP contribution is -2.34. The van der Waals surface area contributed by atoms with E-state index in [-0.39, 0.29) is 30.7 Å².